The van der Waals surface area contributed by atoms with Crippen LogP contribution in [0.1, 0.15) is 96.4 Å². The first-order valence-corrected chi connectivity index (χ1v) is 20.2. The molecule has 54 heavy (non-hydrogen) atoms. The van der Waals surface area contributed by atoms with Gasteiger partial charge in [0.25, 0.3) is 0 Å². The van der Waals surface area contributed by atoms with Crippen molar-refractivity contribution in [3.63, 3.8) is 0 Å². The number of carbonyl (C=O) groups excluding carboxylic acids is 2. The SMILES string of the molecule is CC[C@H]1CN2CC[C@H]1C[C@H]2[C@H](OC(=O)c1cccc(C(=O)O[C@H](c2ccnc3ccccc23)[C@@H]2C[C@@H]3CCN2C[C@@H]3CC)c1)c1ccnc2ccccc12. The van der Waals surface area contributed by atoms with Crippen molar-refractivity contribution in [1.29, 1.82) is 0 Å². The highest BCUT2D eigenvalue weighted by molar-refractivity contribution is 5.96. The number of piperidine rings is 6. The topological polar surface area (TPSA) is 84.9 Å². The lowest BCUT2D eigenvalue weighted by molar-refractivity contribution is -0.0661. The van der Waals surface area contributed by atoms with Gasteiger partial charge < -0.3 is 9.47 Å². The van der Waals surface area contributed by atoms with Crippen molar-refractivity contribution < 1.29 is 19.1 Å². The molecule has 6 fully saturated rings. The summed E-state index contributed by atoms with van der Waals surface area (Å²) < 4.78 is 13.2. The van der Waals surface area contributed by atoms with Gasteiger partial charge in [-0.05, 0) is 105 Å². The fourth-order valence-electron chi connectivity index (χ4n) is 10.5. The van der Waals surface area contributed by atoms with E-state index in [9.17, 15) is 9.59 Å². The van der Waals surface area contributed by atoms with Gasteiger partial charge in [0.15, 0.2) is 0 Å². The number of carbonyl (C=O) groups is 2. The van der Waals surface area contributed by atoms with Crippen LogP contribution in [0.2, 0.25) is 0 Å². The van der Waals surface area contributed by atoms with Crippen molar-refractivity contribution >= 4 is 33.7 Å². The van der Waals surface area contributed by atoms with Gasteiger partial charge in [0.05, 0.1) is 34.2 Å². The molecule has 5 aromatic rings. The first kappa shape index (κ1) is 35.1. The number of hydrogen-bond donors (Lipinski definition) is 0. The van der Waals surface area contributed by atoms with Gasteiger partial charge in [-0.1, -0.05) is 69.2 Å². The molecule has 8 heterocycles. The second-order valence-electron chi connectivity index (χ2n) is 16.1. The number of pyridine rings is 2. The molecule has 3 aromatic carbocycles. The maximum atomic E-state index is 14.3. The van der Waals surface area contributed by atoms with Gasteiger partial charge in [0.2, 0.25) is 0 Å². The Labute approximate surface area is 317 Å². The number of esters is 2. The quantitative estimate of drug-likeness (QED) is 0.132. The minimum Gasteiger partial charge on any atom is -0.452 e. The Morgan fingerprint density at radius 2 is 1.11 bits per heavy atom. The molecule has 278 valence electrons. The van der Waals surface area contributed by atoms with Gasteiger partial charge >= 0.3 is 11.9 Å². The number of para-hydroxylation sites is 2. The van der Waals surface area contributed by atoms with Gasteiger partial charge in [-0.3, -0.25) is 19.8 Å². The molecule has 0 spiro atoms. The fourth-order valence-corrected chi connectivity index (χ4v) is 10.5. The van der Waals surface area contributed by atoms with Crippen molar-refractivity contribution in [2.45, 2.75) is 76.7 Å². The zero-order valence-electron chi connectivity index (χ0n) is 31.3. The Morgan fingerprint density at radius 3 is 1.54 bits per heavy atom. The van der Waals surface area contributed by atoms with Crippen molar-refractivity contribution in [2.24, 2.45) is 23.7 Å². The lowest BCUT2D eigenvalue weighted by atomic mass is 9.72. The summed E-state index contributed by atoms with van der Waals surface area (Å²) in [5.74, 6) is 1.70. The molecule has 0 N–H and O–H groups in total. The molecule has 6 aliphatic rings. The number of fused-ring (bicyclic) bond motifs is 8. The number of hydrogen-bond acceptors (Lipinski definition) is 8. The van der Waals surface area contributed by atoms with E-state index in [2.05, 4.69) is 45.7 Å². The van der Waals surface area contributed by atoms with Crippen LogP contribution in [0.4, 0.5) is 0 Å². The molecular formula is C46H50N4O4. The summed E-state index contributed by atoms with van der Waals surface area (Å²) in [4.78, 5) is 42.8. The standard InChI is InChI=1S/C46H50N4O4/c1-3-29-27-49-22-18-31(29)25-41(49)43(37-16-20-47-39-14-7-5-12-35(37)39)53-45(51)33-10-9-11-34(24-33)46(52)54-44(38-17-21-48-40-15-8-6-13-36(38)40)42-26-32-19-23-50(42)28-30(32)4-2/h5-17,20-21,24,29-32,41-44H,3-4,18-19,22-23,25-28H2,1-2H3/t29-,30-,31-,32-,41-,42-,43+,44+/m0/s1. The van der Waals surface area contributed by atoms with Crippen LogP contribution in [-0.2, 0) is 9.47 Å². The van der Waals surface area contributed by atoms with E-state index in [0.29, 0.717) is 34.8 Å². The second kappa shape index (κ2) is 14.9. The smallest absolute Gasteiger partial charge is 0.338 e. The van der Waals surface area contributed by atoms with Gasteiger partial charge in [-0.25, -0.2) is 9.59 Å². The van der Waals surface area contributed by atoms with Crippen LogP contribution in [-0.4, -0.2) is 70.0 Å². The van der Waals surface area contributed by atoms with Crippen LogP contribution in [0.15, 0.2) is 97.3 Å². The highest BCUT2D eigenvalue weighted by Crippen LogP contribution is 2.46. The van der Waals surface area contributed by atoms with E-state index in [1.807, 2.05) is 60.9 Å². The van der Waals surface area contributed by atoms with Crippen LogP contribution >= 0.6 is 0 Å². The van der Waals surface area contributed by atoms with Crippen molar-refractivity contribution in [2.75, 3.05) is 26.2 Å². The number of ether oxygens (including phenoxy) is 2. The normalized spacial score (nSPS) is 28.5. The second-order valence-corrected chi connectivity index (χ2v) is 16.1. The van der Waals surface area contributed by atoms with Gasteiger partial charge in [0, 0.05) is 47.4 Å². The van der Waals surface area contributed by atoms with Crippen LogP contribution in [0.5, 0.6) is 0 Å². The van der Waals surface area contributed by atoms with E-state index >= 15 is 0 Å². The molecule has 4 bridgehead atoms. The van der Waals surface area contributed by atoms with E-state index in [1.54, 1.807) is 24.3 Å². The minimum atomic E-state index is -0.478. The third kappa shape index (κ3) is 6.47. The Morgan fingerprint density at radius 1 is 0.648 bits per heavy atom. The van der Waals surface area contributed by atoms with Crippen LogP contribution < -0.4 is 0 Å². The Balaban J connectivity index is 1.01. The maximum absolute atomic E-state index is 14.3. The molecule has 2 unspecified atom stereocenters. The highest BCUT2D eigenvalue weighted by Gasteiger charge is 2.46. The first-order chi connectivity index (χ1) is 26.5. The molecule has 0 saturated carbocycles. The van der Waals surface area contributed by atoms with Crippen molar-refractivity contribution in [1.82, 2.24) is 19.8 Å². The maximum Gasteiger partial charge on any atom is 0.338 e. The molecular weight excluding hydrogens is 673 g/mol. The summed E-state index contributed by atoms with van der Waals surface area (Å²) in [6.45, 7) is 8.64. The average Bonchev–Trinajstić information content (AvgIpc) is 3.24. The third-order valence-corrected chi connectivity index (χ3v) is 13.4. The molecule has 8 nitrogen and oxygen atoms in total. The third-order valence-electron chi connectivity index (χ3n) is 13.4. The van der Waals surface area contributed by atoms with Gasteiger partial charge in [0.1, 0.15) is 12.2 Å². The Kier molecular flexibility index (Phi) is 9.66. The van der Waals surface area contributed by atoms with Crippen LogP contribution in [0.3, 0.4) is 0 Å². The molecule has 10 atom stereocenters. The van der Waals surface area contributed by atoms with E-state index in [1.165, 1.54) is 12.8 Å². The largest absolute Gasteiger partial charge is 0.452 e. The van der Waals surface area contributed by atoms with Crippen LogP contribution in [0.25, 0.3) is 21.8 Å². The summed E-state index contributed by atoms with van der Waals surface area (Å²) >= 11 is 0. The minimum absolute atomic E-state index is 0.0681. The summed E-state index contributed by atoms with van der Waals surface area (Å²) in [5.41, 5.74) is 4.40. The number of nitrogens with zero attached hydrogens (tertiary/aromatic N) is 4. The summed E-state index contributed by atoms with van der Waals surface area (Å²) in [6.07, 6.45) is 9.36. The lowest BCUT2D eigenvalue weighted by Crippen LogP contribution is -2.55. The lowest BCUT2D eigenvalue weighted by Gasteiger charge is -2.51. The number of aromatic nitrogens is 2. The predicted octanol–water partition coefficient (Wildman–Crippen LogP) is 8.82. The molecule has 8 heteroatoms. The molecule has 6 aliphatic heterocycles. The fraction of sp³-hybridized carbons (Fsp3) is 0.435. The molecule has 0 aliphatic carbocycles. The molecule has 0 radical (unpaired) electrons. The average molecular weight is 723 g/mol. The summed E-state index contributed by atoms with van der Waals surface area (Å²) in [7, 11) is 0. The zero-order chi connectivity index (χ0) is 36.8. The van der Waals surface area contributed by atoms with E-state index < -0.39 is 24.1 Å². The number of benzene rings is 3. The molecule has 0 amide bonds. The van der Waals surface area contributed by atoms with E-state index in [-0.39, 0.29) is 12.1 Å². The van der Waals surface area contributed by atoms with Crippen molar-refractivity contribution in [3.8, 4) is 0 Å². The van der Waals surface area contributed by atoms with Gasteiger partial charge in [-0.2, -0.15) is 0 Å². The monoisotopic (exact) mass is 722 g/mol. The molecule has 2 aromatic heterocycles. The van der Waals surface area contributed by atoms with Crippen molar-refractivity contribution in [3.05, 3.63) is 120 Å². The summed E-state index contributed by atoms with van der Waals surface area (Å²) in [5, 5.41) is 1.99. The summed E-state index contributed by atoms with van der Waals surface area (Å²) in [6, 6.07) is 27.2. The Hall–Kier alpha value is -4.66. The van der Waals surface area contributed by atoms with E-state index in [0.717, 1.165) is 84.8 Å². The predicted molar refractivity (Wildman–Crippen MR) is 210 cm³/mol. The Bertz CT molecular complexity index is 2010. The zero-order valence-corrected chi connectivity index (χ0v) is 31.3. The van der Waals surface area contributed by atoms with Crippen LogP contribution in [0, 0.1) is 23.7 Å². The first-order valence-electron chi connectivity index (χ1n) is 20.2. The van der Waals surface area contributed by atoms with Gasteiger partial charge in [-0.15, -0.1) is 0 Å². The molecule has 6 saturated heterocycles. The van der Waals surface area contributed by atoms with E-state index in [4.69, 9.17) is 9.47 Å². The molecule has 11 rings (SSSR count). The highest BCUT2D eigenvalue weighted by atomic mass is 16.5. The number of rotatable bonds is 10.